The summed E-state index contributed by atoms with van der Waals surface area (Å²) in [5.74, 6) is 2.05. The van der Waals surface area contributed by atoms with Gasteiger partial charge in [-0.05, 0) is 68.9 Å². The van der Waals surface area contributed by atoms with Crippen LogP contribution in [0.2, 0.25) is 0 Å². The van der Waals surface area contributed by atoms with Gasteiger partial charge in [0, 0.05) is 61.5 Å². The Morgan fingerprint density at radius 3 is 2.40 bits per heavy atom. The smallest absolute Gasteiger partial charge is 0.231 e. The van der Waals surface area contributed by atoms with Crippen molar-refractivity contribution in [2.75, 3.05) is 36.0 Å². The molecule has 1 fully saturated rings. The predicted molar refractivity (Wildman–Crippen MR) is 164 cm³/mol. The number of carbonyl (C=O) groups excluding carboxylic acids is 1. The summed E-state index contributed by atoms with van der Waals surface area (Å²) in [6.45, 7) is 18.9. The van der Waals surface area contributed by atoms with Crippen molar-refractivity contribution in [2.45, 2.75) is 79.4 Å². The van der Waals surface area contributed by atoms with Gasteiger partial charge in [0.25, 0.3) is 0 Å². The van der Waals surface area contributed by atoms with Gasteiger partial charge >= 0.3 is 0 Å². The van der Waals surface area contributed by atoms with E-state index in [-0.39, 0.29) is 24.5 Å². The fraction of sp³-hybridized carbons (Fsp3) is 0.485. The summed E-state index contributed by atoms with van der Waals surface area (Å²) in [5.41, 5.74) is 15.4. The van der Waals surface area contributed by atoms with Crippen molar-refractivity contribution >= 4 is 17.4 Å². The van der Waals surface area contributed by atoms with Crippen molar-refractivity contribution in [3.05, 3.63) is 69.9 Å². The lowest BCUT2D eigenvalue weighted by Crippen LogP contribution is -2.58. The lowest BCUT2D eigenvalue weighted by atomic mass is 9.97. The third-order valence-corrected chi connectivity index (χ3v) is 8.73. The van der Waals surface area contributed by atoms with Crippen LogP contribution in [0.1, 0.15) is 67.1 Å². The van der Waals surface area contributed by atoms with Gasteiger partial charge in [-0.2, -0.15) is 0 Å². The predicted octanol–water partition coefficient (Wildman–Crippen LogP) is 5.14. The molecule has 0 spiro atoms. The molecule has 3 aromatic rings. The van der Waals surface area contributed by atoms with E-state index in [1.165, 1.54) is 33.5 Å². The van der Waals surface area contributed by atoms with E-state index in [4.69, 9.17) is 15.7 Å². The number of rotatable bonds is 6. The van der Waals surface area contributed by atoms with E-state index in [1.54, 1.807) is 0 Å². The maximum absolute atomic E-state index is 11.7. The van der Waals surface area contributed by atoms with Crippen LogP contribution in [0.4, 0.5) is 11.5 Å². The van der Waals surface area contributed by atoms with Gasteiger partial charge in [-0.25, -0.2) is 9.97 Å². The zero-order valence-electron chi connectivity index (χ0n) is 25.2. The first-order valence-electron chi connectivity index (χ1n) is 14.6. The number of hydrogen-bond donors (Lipinski definition) is 1. The van der Waals surface area contributed by atoms with Crippen molar-refractivity contribution in [3.8, 4) is 11.4 Å². The van der Waals surface area contributed by atoms with Crippen LogP contribution in [0.25, 0.3) is 11.4 Å². The van der Waals surface area contributed by atoms with Gasteiger partial charge in [0.2, 0.25) is 5.91 Å². The molecule has 212 valence electrons. The molecule has 7 nitrogen and oxygen atoms in total. The van der Waals surface area contributed by atoms with Crippen molar-refractivity contribution in [3.63, 3.8) is 0 Å². The molecule has 40 heavy (non-hydrogen) atoms. The van der Waals surface area contributed by atoms with Crippen molar-refractivity contribution < 1.29 is 4.79 Å². The molecule has 1 saturated heterocycles. The monoisotopic (exact) mass is 540 g/mol. The van der Waals surface area contributed by atoms with E-state index < -0.39 is 0 Å². The van der Waals surface area contributed by atoms with Crippen molar-refractivity contribution in [1.29, 1.82) is 0 Å². The molecule has 2 atom stereocenters. The molecule has 2 aliphatic rings. The van der Waals surface area contributed by atoms with E-state index in [9.17, 15) is 4.79 Å². The van der Waals surface area contributed by atoms with E-state index in [1.807, 2.05) is 0 Å². The van der Waals surface area contributed by atoms with Gasteiger partial charge in [-0.3, -0.25) is 9.69 Å². The van der Waals surface area contributed by atoms with E-state index >= 15 is 0 Å². The van der Waals surface area contributed by atoms with Crippen LogP contribution < -0.4 is 15.5 Å². The number of fused-ring (bicyclic) bond motifs is 1. The fourth-order valence-corrected chi connectivity index (χ4v) is 6.36. The van der Waals surface area contributed by atoms with Gasteiger partial charge < -0.3 is 15.5 Å². The van der Waals surface area contributed by atoms with Gasteiger partial charge in [0.15, 0.2) is 5.82 Å². The molecule has 7 heteroatoms. The molecular formula is C33H44N6O. The molecule has 1 amide bonds. The molecule has 0 unspecified atom stereocenters. The number of primary amides is 1. The molecule has 0 bridgehead atoms. The topological polar surface area (TPSA) is 78.6 Å². The number of nitrogens with zero attached hydrogens (tertiary/aromatic N) is 5. The van der Waals surface area contributed by atoms with Crippen LogP contribution in [-0.2, 0) is 17.8 Å². The third-order valence-electron chi connectivity index (χ3n) is 8.73. The zero-order valence-corrected chi connectivity index (χ0v) is 25.2. The molecular weight excluding hydrogens is 496 g/mol. The molecule has 0 saturated carbocycles. The summed E-state index contributed by atoms with van der Waals surface area (Å²) in [5, 5.41) is 0. The Balaban J connectivity index is 1.60. The number of carbonyl (C=O) groups is 1. The number of aryl methyl sites for hydroxylation is 3. The van der Waals surface area contributed by atoms with Gasteiger partial charge in [0.1, 0.15) is 5.82 Å². The maximum Gasteiger partial charge on any atom is 0.231 e. The first-order valence-corrected chi connectivity index (χ1v) is 14.6. The highest BCUT2D eigenvalue weighted by molar-refractivity contribution is 5.76. The average Bonchev–Trinajstić information content (AvgIpc) is 2.89. The number of piperazine rings is 1. The summed E-state index contributed by atoms with van der Waals surface area (Å²) >= 11 is 0. The number of hydrogen-bond acceptors (Lipinski definition) is 6. The Bertz CT molecular complexity index is 1400. The Morgan fingerprint density at radius 2 is 1.73 bits per heavy atom. The van der Waals surface area contributed by atoms with Gasteiger partial charge in [0.05, 0.1) is 12.2 Å². The lowest BCUT2D eigenvalue weighted by molar-refractivity contribution is -0.119. The second-order valence-electron chi connectivity index (χ2n) is 12.2. The van der Waals surface area contributed by atoms with Crippen LogP contribution in [0.5, 0.6) is 0 Å². The quantitative estimate of drug-likeness (QED) is 0.467. The summed E-state index contributed by atoms with van der Waals surface area (Å²) in [6.07, 6.45) is 0.875. The largest absolute Gasteiger partial charge is 0.369 e. The van der Waals surface area contributed by atoms with E-state index in [0.717, 1.165) is 55.5 Å². The number of benzene rings is 2. The Kier molecular flexibility index (Phi) is 7.87. The molecule has 0 radical (unpaired) electrons. The van der Waals surface area contributed by atoms with Crippen molar-refractivity contribution in [2.24, 2.45) is 5.73 Å². The third kappa shape index (κ3) is 5.44. The summed E-state index contributed by atoms with van der Waals surface area (Å²) in [7, 11) is 0. The zero-order chi connectivity index (χ0) is 28.7. The van der Waals surface area contributed by atoms with E-state index in [2.05, 4.69) is 99.6 Å². The minimum Gasteiger partial charge on any atom is -0.369 e. The molecule has 2 aromatic carbocycles. The van der Waals surface area contributed by atoms with Crippen LogP contribution in [0, 0.1) is 20.8 Å². The average molecular weight is 541 g/mol. The van der Waals surface area contributed by atoms with Crippen LogP contribution in [0.3, 0.4) is 0 Å². The molecule has 5 rings (SSSR count). The first-order chi connectivity index (χ1) is 19.0. The van der Waals surface area contributed by atoms with Gasteiger partial charge in [-0.1, -0.05) is 44.2 Å². The highest BCUT2D eigenvalue weighted by Crippen LogP contribution is 2.36. The summed E-state index contributed by atoms with van der Waals surface area (Å²) in [4.78, 5) is 29.4. The highest BCUT2D eigenvalue weighted by Gasteiger charge is 2.34. The normalized spacial score (nSPS) is 19.7. The molecule has 3 heterocycles. The minimum atomic E-state index is -0.279. The lowest BCUT2D eigenvalue weighted by Gasteiger charge is -2.45. The van der Waals surface area contributed by atoms with Crippen LogP contribution in [0.15, 0.2) is 36.4 Å². The number of anilines is 2. The number of amides is 1. The molecule has 2 aliphatic heterocycles. The Hall–Kier alpha value is -3.45. The maximum atomic E-state index is 11.7. The fourth-order valence-electron chi connectivity index (χ4n) is 6.36. The summed E-state index contributed by atoms with van der Waals surface area (Å²) < 4.78 is 0. The highest BCUT2D eigenvalue weighted by atomic mass is 16.1. The number of nitrogens with two attached hydrogens (primary N) is 1. The number of aromatic nitrogens is 2. The Morgan fingerprint density at radius 1 is 1.00 bits per heavy atom. The first kappa shape index (κ1) is 28.1. The molecule has 2 N–H and O–H groups in total. The van der Waals surface area contributed by atoms with Crippen LogP contribution in [-0.4, -0.2) is 59.0 Å². The second kappa shape index (κ2) is 11.2. The second-order valence-corrected chi connectivity index (χ2v) is 12.2. The minimum absolute atomic E-state index is 0.182. The van der Waals surface area contributed by atoms with Crippen molar-refractivity contribution in [1.82, 2.24) is 14.9 Å². The molecule has 1 aromatic heterocycles. The molecule has 0 aliphatic carbocycles. The standard InChI is InChI=1S/C33H44N6O/c1-20(2)26-12-11-21(3)29(15-26)37-14-13-28-27(18-37)33(36-32(35-28)31-22(4)9-8-10-23(31)5)39-17-24(6)38(16-25(39)7)19-30(34)40/h8-12,15,20,24-25H,13-14,16-19H2,1-7H3,(H2,34,40)/t24-,25+/m1/s1. The SMILES string of the molecule is Cc1ccc(C(C)C)cc1N1CCc2nc(-c3c(C)cccc3C)nc(N3C[C@@H](C)N(CC(N)=O)C[C@@H]3C)c2C1. The Labute approximate surface area is 239 Å². The van der Waals surface area contributed by atoms with Gasteiger partial charge in [-0.15, -0.1) is 0 Å². The van der Waals surface area contributed by atoms with E-state index in [0.29, 0.717) is 5.92 Å². The van der Waals surface area contributed by atoms with Crippen LogP contribution >= 0.6 is 0 Å². The summed E-state index contributed by atoms with van der Waals surface area (Å²) in [6, 6.07) is 13.6.